The van der Waals surface area contributed by atoms with Gasteiger partial charge in [-0.2, -0.15) is 0 Å². The standard InChI is InChI=1S/C18H14N2O/c1-12-17(13-7-3-2-4-8-13)20-15-11-21-16-10-6-5-9-14(16)18(15)19-12/h2-10H,11H2,1H3. The average Bonchev–Trinajstić information content (AvgIpc) is 2.55. The van der Waals surface area contributed by atoms with Crippen molar-refractivity contribution in [2.75, 3.05) is 0 Å². The van der Waals surface area contributed by atoms with Crippen LogP contribution in [0.2, 0.25) is 0 Å². The summed E-state index contributed by atoms with van der Waals surface area (Å²) in [4.78, 5) is 9.58. The van der Waals surface area contributed by atoms with Gasteiger partial charge in [0.15, 0.2) is 0 Å². The molecule has 3 aromatic rings. The molecule has 2 aromatic carbocycles. The Morgan fingerprint density at radius 3 is 2.48 bits per heavy atom. The lowest BCUT2D eigenvalue weighted by atomic mass is 10.0. The van der Waals surface area contributed by atoms with E-state index in [9.17, 15) is 0 Å². The lowest BCUT2D eigenvalue weighted by Gasteiger charge is -2.20. The predicted molar refractivity (Wildman–Crippen MR) is 82.0 cm³/mol. The van der Waals surface area contributed by atoms with Crippen molar-refractivity contribution < 1.29 is 4.74 Å². The van der Waals surface area contributed by atoms with Gasteiger partial charge in [0.2, 0.25) is 0 Å². The maximum absolute atomic E-state index is 5.78. The van der Waals surface area contributed by atoms with Crippen LogP contribution in [0, 0.1) is 6.92 Å². The molecule has 2 heterocycles. The number of nitrogens with zero attached hydrogens (tertiary/aromatic N) is 2. The first-order valence-corrected chi connectivity index (χ1v) is 6.98. The first-order valence-electron chi connectivity index (χ1n) is 6.98. The Kier molecular flexibility index (Phi) is 2.71. The number of benzene rings is 2. The molecule has 1 aliphatic rings. The van der Waals surface area contributed by atoms with Gasteiger partial charge in [-0.3, -0.25) is 0 Å². The Bertz CT molecular complexity index is 813. The molecule has 0 aliphatic carbocycles. The number of rotatable bonds is 1. The third kappa shape index (κ3) is 1.98. The van der Waals surface area contributed by atoms with Crippen molar-refractivity contribution in [3.8, 4) is 28.3 Å². The fraction of sp³-hybridized carbons (Fsp3) is 0.111. The van der Waals surface area contributed by atoms with Crippen LogP contribution in [-0.4, -0.2) is 9.97 Å². The summed E-state index contributed by atoms with van der Waals surface area (Å²) in [6, 6.07) is 18.1. The quantitative estimate of drug-likeness (QED) is 0.672. The summed E-state index contributed by atoms with van der Waals surface area (Å²) in [6.45, 7) is 2.48. The molecule has 0 atom stereocenters. The lowest BCUT2D eigenvalue weighted by molar-refractivity contribution is 0.296. The van der Waals surface area contributed by atoms with Crippen LogP contribution in [0.4, 0.5) is 0 Å². The van der Waals surface area contributed by atoms with E-state index in [-0.39, 0.29) is 0 Å². The zero-order valence-electron chi connectivity index (χ0n) is 11.7. The number of ether oxygens (including phenoxy) is 1. The fourth-order valence-corrected chi connectivity index (χ4v) is 2.67. The minimum Gasteiger partial charge on any atom is -0.487 e. The smallest absolute Gasteiger partial charge is 0.132 e. The summed E-state index contributed by atoms with van der Waals surface area (Å²) in [6.07, 6.45) is 0. The second kappa shape index (κ2) is 4.70. The normalized spacial score (nSPS) is 12.2. The van der Waals surface area contributed by atoms with Gasteiger partial charge in [0.1, 0.15) is 18.1 Å². The summed E-state index contributed by atoms with van der Waals surface area (Å²) in [5.41, 5.74) is 5.82. The van der Waals surface area contributed by atoms with E-state index in [4.69, 9.17) is 14.7 Å². The molecule has 0 saturated heterocycles. The van der Waals surface area contributed by atoms with Crippen molar-refractivity contribution in [3.05, 3.63) is 66.0 Å². The molecule has 0 saturated carbocycles. The average molecular weight is 274 g/mol. The van der Waals surface area contributed by atoms with Gasteiger partial charge in [0.05, 0.1) is 17.1 Å². The summed E-state index contributed by atoms with van der Waals surface area (Å²) >= 11 is 0. The molecule has 3 heteroatoms. The van der Waals surface area contributed by atoms with Crippen LogP contribution in [0.5, 0.6) is 5.75 Å². The van der Waals surface area contributed by atoms with Crippen LogP contribution >= 0.6 is 0 Å². The second-order valence-corrected chi connectivity index (χ2v) is 5.10. The second-order valence-electron chi connectivity index (χ2n) is 5.10. The molecule has 0 N–H and O–H groups in total. The van der Waals surface area contributed by atoms with Gasteiger partial charge in [-0.05, 0) is 19.1 Å². The molecule has 1 aliphatic heterocycles. The lowest BCUT2D eigenvalue weighted by Crippen LogP contribution is -2.11. The maximum atomic E-state index is 5.78. The van der Waals surface area contributed by atoms with Crippen molar-refractivity contribution in [2.24, 2.45) is 0 Å². The van der Waals surface area contributed by atoms with E-state index in [1.54, 1.807) is 0 Å². The Balaban J connectivity index is 1.91. The molecule has 0 spiro atoms. The molecule has 0 bridgehead atoms. The summed E-state index contributed by atoms with van der Waals surface area (Å²) in [7, 11) is 0. The monoisotopic (exact) mass is 274 g/mol. The van der Waals surface area contributed by atoms with Crippen molar-refractivity contribution >= 4 is 0 Å². The van der Waals surface area contributed by atoms with Crippen LogP contribution in [0.3, 0.4) is 0 Å². The largest absolute Gasteiger partial charge is 0.487 e. The summed E-state index contributed by atoms with van der Waals surface area (Å²) in [5, 5.41) is 0. The zero-order valence-corrected chi connectivity index (χ0v) is 11.7. The molecule has 4 rings (SSSR count). The SMILES string of the molecule is Cc1nc2c(nc1-c1ccccc1)COc1ccccc1-2. The van der Waals surface area contributed by atoms with E-state index in [0.29, 0.717) is 6.61 Å². The summed E-state index contributed by atoms with van der Waals surface area (Å²) in [5.74, 6) is 0.881. The summed E-state index contributed by atoms with van der Waals surface area (Å²) < 4.78 is 5.78. The topological polar surface area (TPSA) is 35.0 Å². The number of aryl methyl sites for hydroxylation is 1. The van der Waals surface area contributed by atoms with Crippen LogP contribution in [0.1, 0.15) is 11.4 Å². The number of fused-ring (bicyclic) bond motifs is 3. The van der Waals surface area contributed by atoms with E-state index in [1.807, 2.05) is 49.4 Å². The van der Waals surface area contributed by atoms with Gasteiger partial charge in [-0.15, -0.1) is 0 Å². The van der Waals surface area contributed by atoms with Crippen LogP contribution in [0.15, 0.2) is 54.6 Å². The minimum absolute atomic E-state index is 0.472. The number of hydrogen-bond donors (Lipinski definition) is 0. The van der Waals surface area contributed by atoms with Crippen molar-refractivity contribution in [2.45, 2.75) is 13.5 Å². The first-order chi connectivity index (χ1) is 10.3. The highest BCUT2D eigenvalue weighted by Gasteiger charge is 2.21. The molecule has 1 aromatic heterocycles. The molecule has 0 amide bonds. The Morgan fingerprint density at radius 2 is 1.62 bits per heavy atom. The van der Waals surface area contributed by atoms with E-state index in [0.717, 1.165) is 39.7 Å². The fourth-order valence-electron chi connectivity index (χ4n) is 2.67. The molecule has 102 valence electrons. The van der Waals surface area contributed by atoms with E-state index < -0.39 is 0 Å². The van der Waals surface area contributed by atoms with Gasteiger partial charge in [0, 0.05) is 11.1 Å². The van der Waals surface area contributed by atoms with Crippen LogP contribution < -0.4 is 4.74 Å². The predicted octanol–water partition coefficient (Wildman–Crippen LogP) is 4.01. The molecule has 0 fully saturated rings. The highest BCUT2D eigenvalue weighted by Crippen LogP contribution is 2.36. The van der Waals surface area contributed by atoms with Gasteiger partial charge in [0.25, 0.3) is 0 Å². The van der Waals surface area contributed by atoms with E-state index >= 15 is 0 Å². The van der Waals surface area contributed by atoms with Gasteiger partial charge < -0.3 is 4.74 Å². The first kappa shape index (κ1) is 12.1. The van der Waals surface area contributed by atoms with Crippen LogP contribution in [-0.2, 0) is 6.61 Å². The van der Waals surface area contributed by atoms with Gasteiger partial charge in [-0.25, -0.2) is 9.97 Å². The molecular formula is C18H14N2O. The number of para-hydroxylation sites is 1. The molecule has 0 unspecified atom stereocenters. The van der Waals surface area contributed by atoms with Crippen molar-refractivity contribution in [1.82, 2.24) is 9.97 Å². The third-order valence-electron chi connectivity index (χ3n) is 3.70. The molecular weight excluding hydrogens is 260 g/mol. The Labute approximate surface area is 123 Å². The third-order valence-corrected chi connectivity index (χ3v) is 3.70. The molecule has 3 nitrogen and oxygen atoms in total. The number of aromatic nitrogens is 2. The maximum Gasteiger partial charge on any atom is 0.132 e. The highest BCUT2D eigenvalue weighted by atomic mass is 16.5. The van der Waals surface area contributed by atoms with Crippen molar-refractivity contribution in [3.63, 3.8) is 0 Å². The van der Waals surface area contributed by atoms with Gasteiger partial charge in [-0.1, -0.05) is 42.5 Å². The number of hydrogen-bond acceptors (Lipinski definition) is 3. The van der Waals surface area contributed by atoms with Crippen LogP contribution in [0.25, 0.3) is 22.5 Å². The van der Waals surface area contributed by atoms with Gasteiger partial charge >= 0.3 is 0 Å². The Hall–Kier alpha value is -2.68. The molecule has 21 heavy (non-hydrogen) atoms. The molecule has 0 radical (unpaired) electrons. The highest BCUT2D eigenvalue weighted by molar-refractivity contribution is 5.73. The van der Waals surface area contributed by atoms with E-state index in [2.05, 4.69) is 12.1 Å². The Morgan fingerprint density at radius 1 is 0.857 bits per heavy atom. The van der Waals surface area contributed by atoms with Crippen molar-refractivity contribution in [1.29, 1.82) is 0 Å². The zero-order chi connectivity index (χ0) is 14.2. The van der Waals surface area contributed by atoms with E-state index in [1.165, 1.54) is 0 Å². The minimum atomic E-state index is 0.472.